The molecule has 4 nitrogen and oxygen atoms in total. The highest BCUT2D eigenvalue weighted by molar-refractivity contribution is 5.89. The fraction of sp³-hybridized carbons (Fsp3) is 0.316. The number of carbonyl (C=O) groups excluding carboxylic acids is 1. The number of halogens is 3. The Labute approximate surface area is 149 Å². The van der Waals surface area contributed by atoms with Crippen molar-refractivity contribution in [3.63, 3.8) is 0 Å². The van der Waals surface area contributed by atoms with Gasteiger partial charge in [0.15, 0.2) is 0 Å². The first-order chi connectivity index (χ1) is 12.3. The SMILES string of the molecule is COC1(CNC(=O)Nc2cccc(C(F)(F)F)c2)Cc2ccccc2C1. The van der Waals surface area contributed by atoms with E-state index in [1.807, 2.05) is 24.3 Å². The molecule has 1 aliphatic rings. The molecule has 0 aromatic heterocycles. The average Bonchev–Trinajstić information content (AvgIpc) is 2.99. The second kappa shape index (κ2) is 6.99. The third-order valence-electron chi connectivity index (χ3n) is 4.60. The number of hydrogen-bond acceptors (Lipinski definition) is 2. The standard InChI is InChI=1S/C19H19F3N2O2/c1-26-18(10-13-5-2-3-6-14(13)11-18)12-23-17(25)24-16-8-4-7-15(9-16)19(20,21)22/h2-9H,10-12H2,1H3,(H2,23,24,25). The number of benzene rings is 2. The third kappa shape index (κ3) is 3.99. The fourth-order valence-corrected chi connectivity index (χ4v) is 3.19. The molecule has 0 saturated heterocycles. The van der Waals surface area contributed by atoms with Crippen molar-refractivity contribution in [2.24, 2.45) is 0 Å². The van der Waals surface area contributed by atoms with E-state index in [9.17, 15) is 18.0 Å². The van der Waals surface area contributed by atoms with Gasteiger partial charge in [0.05, 0.1) is 11.2 Å². The Hall–Kier alpha value is -2.54. The van der Waals surface area contributed by atoms with Crippen LogP contribution in [0.5, 0.6) is 0 Å². The number of rotatable bonds is 4. The van der Waals surface area contributed by atoms with Crippen LogP contribution in [0.2, 0.25) is 0 Å². The van der Waals surface area contributed by atoms with Crippen LogP contribution in [0.15, 0.2) is 48.5 Å². The topological polar surface area (TPSA) is 50.4 Å². The van der Waals surface area contributed by atoms with Gasteiger partial charge in [0.25, 0.3) is 0 Å². The van der Waals surface area contributed by atoms with Crippen molar-refractivity contribution >= 4 is 11.7 Å². The molecule has 0 atom stereocenters. The Morgan fingerprint density at radius 2 is 1.77 bits per heavy atom. The first kappa shape index (κ1) is 18.3. The van der Waals surface area contributed by atoms with Crippen LogP contribution in [0.3, 0.4) is 0 Å². The normalized spacial score (nSPS) is 15.4. The Morgan fingerprint density at radius 1 is 1.12 bits per heavy atom. The fourth-order valence-electron chi connectivity index (χ4n) is 3.19. The summed E-state index contributed by atoms with van der Waals surface area (Å²) in [6, 6.07) is 11.9. The maximum absolute atomic E-state index is 12.7. The van der Waals surface area contributed by atoms with E-state index >= 15 is 0 Å². The van der Waals surface area contributed by atoms with Gasteiger partial charge in [0, 0.05) is 32.2 Å². The molecule has 3 rings (SSSR count). The number of anilines is 1. The average molecular weight is 364 g/mol. The number of fused-ring (bicyclic) bond motifs is 1. The van der Waals surface area contributed by atoms with Crippen molar-refractivity contribution in [1.29, 1.82) is 0 Å². The monoisotopic (exact) mass is 364 g/mol. The molecule has 0 spiro atoms. The molecule has 0 aliphatic heterocycles. The van der Waals surface area contributed by atoms with Crippen LogP contribution in [-0.2, 0) is 23.8 Å². The van der Waals surface area contributed by atoms with E-state index in [0.29, 0.717) is 12.8 Å². The molecular weight excluding hydrogens is 345 g/mol. The summed E-state index contributed by atoms with van der Waals surface area (Å²) in [6.07, 6.45) is -3.11. The van der Waals surface area contributed by atoms with Crippen LogP contribution in [0, 0.1) is 0 Å². The largest absolute Gasteiger partial charge is 0.416 e. The molecule has 2 N–H and O–H groups in total. The summed E-state index contributed by atoms with van der Waals surface area (Å²) in [5.41, 5.74) is 1.08. The lowest BCUT2D eigenvalue weighted by atomic mass is 10.0. The molecule has 0 bridgehead atoms. The van der Waals surface area contributed by atoms with Crippen molar-refractivity contribution in [3.05, 3.63) is 65.2 Å². The number of alkyl halides is 3. The summed E-state index contributed by atoms with van der Waals surface area (Å²) in [5.74, 6) is 0. The Bertz CT molecular complexity index is 780. The number of hydrogen-bond donors (Lipinski definition) is 2. The maximum atomic E-state index is 12.7. The minimum absolute atomic E-state index is 0.0819. The molecule has 1 aliphatic carbocycles. The van der Waals surface area contributed by atoms with E-state index in [1.54, 1.807) is 7.11 Å². The van der Waals surface area contributed by atoms with E-state index < -0.39 is 23.4 Å². The quantitative estimate of drug-likeness (QED) is 0.861. The zero-order valence-corrected chi connectivity index (χ0v) is 14.2. The van der Waals surface area contributed by atoms with Gasteiger partial charge >= 0.3 is 12.2 Å². The minimum Gasteiger partial charge on any atom is -0.376 e. The molecule has 2 aromatic carbocycles. The van der Waals surface area contributed by atoms with Gasteiger partial charge in [-0.25, -0.2) is 4.79 Å². The second-order valence-electron chi connectivity index (χ2n) is 6.40. The van der Waals surface area contributed by atoms with E-state index in [2.05, 4.69) is 10.6 Å². The van der Waals surface area contributed by atoms with Gasteiger partial charge in [-0.15, -0.1) is 0 Å². The molecule has 7 heteroatoms. The van der Waals surface area contributed by atoms with Crippen molar-refractivity contribution in [1.82, 2.24) is 5.32 Å². The summed E-state index contributed by atoms with van der Waals surface area (Å²) in [7, 11) is 1.60. The Morgan fingerprint density at radius 3 is 2.35 bits per heavy atom. The smallest absolute Gasteiger partial charge is 0.376 e. The molecule has 0 saturated carbocycles. The van der Waals surface area contributed by atoms with Crippen LogP contribution in [-0.4, -0.2) is 25.3 Å². The molecule has 2 amide bonds. The van der Waals surface area contributed by atoms with E-state index in [1.165, 1.54) is 23.3 Å². The van der Waals surface area contributed by atoms with E-state index in [0.717, 1.165) is 12.1 Å². The predicted octanol–water partition coefficient (Wildman–Crippen LogP) is 4.01. The molecular formula is C19H19F3N2O2. The van der Waals surface area contributed by atoms with Gasteiger partial charge in [-0.2, -0.15) is 13.2 Å². The highest BCUT2D eigenvalue weighted by atomic mass is 19.4. The summed E-state index contributed by atoms with van der Waals surface area (Å²) in [6.45, 7) is 0.253. The third-order valence-corrected chi connectivity index (χ3v) is 4.60. The van der Waals surface area contributed by atoms with Gasteiger partial charge in [-0.1, -0.05) is 30.3 Å². The molecule has 26 heavy (non-hydrogen) atoms. The highest BCUT2D eigenvalue weighted by Crippen LogP contribution is 2.32. The minimum atomic E-state index is -4.45. The lowest BCUT2D eigenvalue weighted by Crippen LogP contribution is -2.46. The molecule has 2 aromatic rings. The van der Waals surface area contributed by atoms with Crippen molar-refractivity contribution < 1.29 is 22.7 Å². The van der Waals surface area contributed by atoms with Crippen LogP contribution >= 0.6 is 0 Å². The second-order valence-corrected chi connectivity index (χ2v) is 6.40. The number of methoxy groups -OCH3 is 1. The van der Waals surface area contributed by atoms with Crippen molar-refractivity contribution in [2.75, 3.05) is 19.0 Å². The molecule has 0 radical (unpaired) electrons. The number of ether oxygens (including phenoxy) is 1. The van der Waals surface area contributed by atoms with Gasteiger partial charge in [-0.05, 0) is 29.3 Å². The first-order valence-corrected chi connectivity index (χ1v) is 8.15. The summed E-state index contributed by atoms with van der Waals surface area (Å²) in [4.78, 5) is 12.1. The summed E-state index contributed by atoms with van der Waals surface area (Å²) >= 11 is 0. The highest BCUT2D eigenvalue weighted by Gasteiger charge is 2.37. The first-order valence-electron chi connectivity index (χ1n) is 8.15. The van der Waals surface area contributed by atoms with E-state index in [4.69, 9.17) is 4.74 Å². The number of amides is 2. The van der Waals surface area contributed by atoms with Crippen LogP contribution in [0.4, 0.5) is 23.7 Å². The van der Waals surface area contributed by atoms with Crippen molar-refractivity contribution in [2.45, 2.75) is 24.6 Å². The lowest BCUT2D eigenvalue weighted by Gasteiger charge is -2.27. The van der Waals surface area contributed by atoms with Gasteiger partial charge in [0.1, 0.15) is 0 Å². The molecule has 0 heterocycles. The van der Waals surface area contributed by atoms with Gasteiger partial charge < -0.3 is 15.4 Å². The lowest BCUT2D eigenvalue weighted by molar-refractivity contribution is -0.137. The summed E-state index contributed by atoms with van der Waals surface area (Å²) in [5, 5.41) is 5.14. The van der Waals surface area contributed by atoms with Crippen LogP contribution < -0.4 is 10.6 Å². The Balaban J connectivity index is 1.61. The molecule has 0 fully saturated rings. The van der Waals surface area contributed by atoms with Crippen molar-refractivity contribution in [3.8, 4) is 0 Å². The maximum Gasteiger partial charge on any atom is 0.416 e. The van der Waals surface area contributed by atoms with Crippen LogP contribution in [0.25, 0.3) is 0 Å². The summed E-state index contributed by atoms with van der Waals surface area (Å²) < 4.78 is 43.9. The zero-order valence-electron chi connectivity index (χ0n) is 14.2. The van der Waals surface area contributed by atoms with Gasteiger partial charge in [-0.3, -0.25) is 0 Å². The number of urea groups is 1. The Kier molecular flexibility index (Phi) is 4.91. The van der Waals surface area contributed by atoms with Gasteiger partial charge in [0.2, 0.25) is 0 Å². The van der Waals surface area contributed by atoms with E-state index in [-0.39, 0.29) is 12.2 Å². The van der Waals surface area contributed by atoms with Crippen LogP contribution in [0.1, 0.15) is 16.7 Å². The molecule has 0 unspecified atom stereocenters. The number of carbonyl (C=O) groups is 1. The predicted molar refractivity (Wildman–Crippen MR) is 92.1 cm³/mol. The zero-order chi connectivity index (χ0) is 18.8. The molecule has 138 valence electrons. The number of nitrogens with one attached hydrogen (secondary N) is 2.